The molecule has 0 atom stereocenters. The van der Waals surface area contributed by atoms with Gasteiger partial charge in [0.25, 0.3) is 0 Å². The highest BCUT2D eigenvalue weighted by Crippen LogP contribution is 1.98. The second kappa shape index (κ2) is 8.59. The highest BCUT2D eigenvalue weighted by atomic mass is 127. The van der Waals surface area contributed by atoms with Crippen LogP contribution in [0.25, 0.3) is 0 Å². The minimum Gasteiger partial charge on any atom is -0.339 e. The third-order valence-corrected chi connectivity index (χ3v) is 3.77. The molecule has 0 fully saturated rings. The van der Waals surface area contributed by atoms with Gasteiger partial charge < -0.3 is 4.90 Å². The summed E-state index contributed by atoms with van der Waals surface area (Å²) in [6.07, 6.45) is 0. The van der Waals surface area contributed by atoms with E-state index >= 15 is 0 Å². The van der Waals surface area contributed by atoms with E-state index in [0.717, 1.165) is 4.99 Å². The van der Waals surface area contributed by atoms with Crippen LogP contribution in [0.5, 0.6) is 0 Å². The molecule has 0 bridgehead atoms. The normalized spacial score (nSPS) is 10.5. The van der Waals surface area contributed by atoms with Crippen molar-refractivity contribution in [3.8, 4) is 0 Å². The van der Waals surface area contributed by atoms with Gasteiger partial charge in [-0.3, -0.25) is 0 Å². The van der Waals surface area contributed by atoms with Crippen LogP contribution in [0.3, 0.4) is 0 Å². The smallest absolute Gasteiger partial charge is 0.0790 e. The lowest BCUT2D eigenvalue weighted by atomic mass is 10.6. The Morgan fingerprint density at radius 2 is 1.64 bits per heavy atom. The topological polar surface area (TPSA) is 3.24 Å². The zero-order valence-electron chi connectivity index (χ0n) is 8.23. The first kappa shape index (κ1) is 14.0. The van der Waals surface area contributed by atoms with Crippen LogP contribution in [0.1, 0.15) is 27.7 Å². The molecule has 0 rings (SSSR count). The van der Waals surface area contributed by atoms with Gasteiger partial charge in [0.15, 0.2) is 0 Å². The van der Waals surface area contributed by atoms with Crippen molar-refractivity contribution in [2.24, 2.45) is 0 Å². The highest BCUT2D eigenvalue weighted by molar-refractivity contribution is 14.2. The van der Waals surface area contributed by atoms with Crippen LogP contribution < -0.4 is 0 Å². The molecule has 0 amide bonds. The van der Waals surface area contributed by atoms with Crippen LogP contribution in [0, 0.1) is 0 Å². The maximum Gasteiger partial charge on any atom is 0.0790 e. The third kappa shape index (κ3) is 6.87. The van der Waals surface area contributed by atoms with Gasteiger partial charge in [0.2, 0.25) is 0 Å². The van der Waals surface area contributed by atoms with E-state index in [1.54, 1.807) is 0 Å². The SMILES string of the molecule is CC.CI=C(C)N(C)C(C)=S. The van der Waals surface area contributed by atoms with Crippen LogP contribution in [0.2, 0.25) is 0 Å². The molecular formula is C8H18INS. The molecule has 0 aromatic rings. The lowest BCUT2D eigenvalue weighted by Gasteiger charge is -2.16. The van der Waals surface area contributed by atoms with E-state index in [0.29, 0.717) is 0 Å². The monoisotopic (exact) mass is 287 g/mol. The second-order valence-corrected chi connectivity index (χ2v) is 4.99. The zero-order valence-corrected chi connectivity index (χ0v) is 11.2. The molecular weight excluding hydrogens is 269 g/mol. The molecule has 0 unspecified atom stereocenters. The fourth-order valence-electron chi connectivity index (χ4n) is 0.344. The molecule has 11 heavy (non-hydrogen) atoms. The van der Waals surface area contributed by atoms with Crippen molar-refractivity contribution >= 4 is 41.6 Å². The number of hydrogen-bond acceptors (Lipinski definition) is 1. The maximum absolute atomic E-state index is 4.98. The first-order valence-corrected chi connectivity index (χ1v) is 7.31. The van der Waals surface area contributed by atoms with Crippen LogP contribution in [0.4, 0.5) is 0 Å². The summed E-state index contributed by atoms with van der Waals surface area (Å²) >= 11 is 5.21. The molecule has 1 nitrogen and oxygen atoms in total. The summed E-state index contributed by atoms with van der Waals surface area (Å²) in [7, 11) is 2.03. The fraction of sp³-hybridized carbons (Fsp3) is 0.750. The summed E-state index contributed by atoms with van der Waals surface area (Å²) in [5.41, 5.74) is 0. The Bertz CT molecular complexity index is 143. The van der Waals surface area contributed by atoms with Gasteiger partial charge in [-0.2, -0.15) is 0 Å². The van der Waals surface area contributed by atoms with Crippen molar-refractivity contribution < 1.29 is 0 Å². The van der Waals surface area contributed by atoms with Gasteiger partial charge in [-0.25, -0.2) is 0 Å². The second-order valence-electron chi connectivity index (χ2n) is 1.76. The number of hydrogen-bond donors (Lipinski definition) is 0. The summed E-state index contributed by atoms with van der Waals surface area (Å²) in [5.74, 6) is 0. The van der Waals surface area contributed by atoms with Gasteiger partial charge in [0, 0.05) is 10.7 Å². The first-order valence-electron chi connectivity index (χ1n) is 3.67. The lowest BCUT2D eigenvalue weighted by Crippen LogP contribution is -2.25. The van der Waals surface area contributed by atoms with Crippen molar-refractivity contribution in [2.45, 2.75) is 27.7 Å². The van der Waals surface area contributed by atoms with Crippen molar-refractivity contribution in [2.75, 3.05) is 12.0 Å². The molecule has 68 valence electrons. The summed E-state index contributed by atoms with van der Waals surface area (Å²) < 4.78 is 1.43. The Balaban J connectivity index is 0. The van der Waals surface area contributed by atoms with Gasteiger partial charge in [0.1, 0.15) is 0 Å². The fourth-order valence-corrected chi connectivity index (χ4v) is 1.73. The minimum atomic E-state index is 0.226. The minimum absolute atomic E-state index is 0.226. The predicted molar refractivity (Wildman–Crippen MR) is 68.0 cm³/mol. The van der Waals surface area contributed by atoms with Crippen molar-refractivity contribution in [3.63, 3.8) is 0 Å². The predicted octanol–water partition coefficient (Wildman–Crippen LogP) is 3.04. The molecule has 0 aliphatic carbocycles. The Labute approximate surface area is 85.9 Å². The molecule has 0 radical (unpaired) electrons. The van der Waals surface area contributed by atoms with Crippen molar-refractivity contribution in [3.05, 3.63) is 0 Å². The summed E-state index contributed by atoms with van der Waals surface area (Å²) in [4.78, 5) is 5.29. The number of thiocarbonyl (C=S) groups is 1. The van der Waals surface area contributed by atoms with Crippen LogP contribution in [0.15, 0.2) is 0 Å². The largest absolute Gasteiger partial charge is 0.339 e. The quantitative estimate of drug-likeness (QED) is 0.414. The van der Waals surface area contributed by atoms with Crippen LogP contribution in [-0.2, 0) is 0 Å². The van der Waals surface area contributed by atoms with Crippen LogP contribution in [-0.4, -0.2) is 25.5 Å². The summed E-state index contributed by atoms with van der Waals surface area (Å²) in [6.45, 7) is 8.10. The van der Waals surface area contributed by atoms with E-state index < -0.39 is 0 Å². The van der Waals surface area contributed by atoms with E-state index in [1.165, 1.54) is 3.63 Å². The molecule has 0 aromatic heterocycles. The highest BCUT2D eigenvalue weighted by Gasteiger charge is 1.97. The van der Waals surface area contributed by atoms with Gasteiger partial charge in [-0.1, -0.05) is 26.1 Å². The van der Waals surface area contributed by atoms with Gasteiger partial charge in [0.05, 0.1) is 4.99 Å². The average molecular weight is 287 g/mol. The van der Waals surface area contributed by atoms with Gasteiger partial charge >= 0.3 is 0 Å². The molecule has 0 N–H and O–H groups in total. The molecule has 0 aliphatic heterocycles. The summed E-state index contributed by atoms with van der Waals surface area (Å²) in [6, 6.07) is 0. The van der Waals surface area contributed by atoms with Gasteiger partial charge in [-0.15, -0.1) is 20.7 Å². The van der Waals surface area contributed by atoms with Crippen LogP contribution >= 0.6 is 32.9 Å². The van der Waals surface area contributed by atoms with Crippen molar-refractivity contribution in [1.29, 1.82) is 0 Å². The van der Waals surface area contributed by atoms with E-state index in [4.69, 9.17) is 12.2 Å². The number of alkyl halides is 1. The van der Waals surface area contributed by atoms with E-state index in [2.05, 4.69) is 16.8 Å². The number of halogens is 1. The lowest BCUT2D eigenvalue weighted by molar-refractivity contribution is 0.777. The average Bonchev–Trinajstić information content (AvgIpc) is 2.05. The number of rotatable bonds is 1. The molecule has 0 aromatic carbocycles. The Morgan fingerprint density at radius 3 is 1.73 bits per heavy atom. The molecule has 0 saturated heterocycles. The molecule has 0 spiro atoms. The molecule has 0 heterocycles. The number of nitrogens with zero attached hydrogens (tertiary/aromatic N) is 1. The standard InChI is InChI=1S/C6H12INS.C2H6/c1-5(7-3)8(4)6(2)9;1-2/h1-4H3;1-2H3. The van der Waals surface area contributed by atoms with E-state index in [-0.39, 0.29) is 20.7 Å². The Hall–Kier alpha value is 0.490. The van der Waals surface area contributed by atoms with Gasteiger partial charge in [-0.05, 0) is 18.8 Å². The molecule has 0 saturated carbocycles. The Kier molecular flexibility index (Phi) is 11.0. The van der Waals surface area contributed by atoms with Crippen molar-refractivity contribution in [1.82, 2.24) is 4.90 Å². The molecule has 0 aliphatic rings. The van der Waals surface area contributed by atoms with E-state index in [9.17, 15) is 0 Å². The Morgan fingerprint density at radius 1 is 1.27 bits per heavy atom. The maximum atomic E-state index is 4.98. The van der Waals surface area contributed by atoms with E-state index in [1.807, 2.05) is 27.8 Å². The summed E-state index contributed by atoms with van der Waals surface area (Å²) in [5, 5.41) is 0. The zero-order chi connectivity index (χ0) is 9.44. The molecule has 3 heteroatoms. The third-order valence-electron chi connectivity index (χ3n) is 1.21. The first-order chi connectivity index (χ1) is 5.09.